The molecule has 1 amide bonds. The maximum Gasteiger partial charge on any atom is 0.315 e. The van der Waals surface area contributed by atoms with E-state index in [-0.39, 0.29) is 11.7 Å². The third-order valence-electron chi connectivity index (χ3n) is 4.29. The fraction of sp³-hybridized carbons (Fsp3) is 0.200. The number of aromatic hydroxyl groups is 1. The van der Waals surface area contributed by atoms with Gasteiger partial charge >= 0.3 is 5.69 Å². The maximum absolute atomic E-state index is 12.8. The number of nitro groups is 1. The van der Waals surface area contributed by atoms with Gasteiger partial charge in [0.05, 0.1) is 29.7 Å². The predicted molar refractivity (Wildman–Crippen MR) is 114 cm³/mol. The highest BCUT2D eigenvalue weighted by Crippen LogP contribution is 2.39. The zero-order valence-electron chi connectivity index (χ0n) is 16.5. The van der Waals surface area contributed by atoms with Crippen molar-refractivity contribution in [2.75, 3.05) is 20.8 Å². The Morgan fingerprint density at radius 3 is 2.50 bits per heavy atom. The lowest BCUT2D eigenvalue weighted by Gasteiger charge is -2.12. The third kappa shape index (κ3) is 4.23. The molecule has 1 heterocycles. The van der Waals surface area contributed by atoms with Crippen LogP contribution in [-0.2, 0) is 4.79 Å². The number of thioether (sulfide) groups is 1. The maximum atomic E-state index is 12.8. The Kier molecular flexibility index (Phi) is 6.26. The van der Waals surface area contributed by atoms with Gasteiger partial charge in [0.15, 0.2) is 10.9 Å². The molecule has 30 heavy (non-hydrogen) atoms. The molecule has 10 heteroatoms. The first-order chi connectivity index (χ1) is 14.4. The van der Waals surface area contributed by atoms with Crippen molar-refractivity contribution >= 4 is 40.3 Å². The summed E-state index contributed by atoms with van der Waals surface area (Å²) in [6.07, 6.45) is 1.52. The van der Waals surface area contributed by atoms with Crippen LogP contribution in [0.3, 0.4) is 0 Å². The molecule has 3 rings (SSSR count). The van der Waals surface area contributed by atoms with E-state index in [1.54, 1.807) is 31.4 Å². The van der Waals surface area contributed by atoms with Crippen molar-refractivity contribution in [3.63, 3.8) is 0 Å². The molecule has 9 nitrogen and oxygen atoms in total. The van der Waals surface area contributed by atoms with Crippen LogP contribution in [0.15, 0.2) is 46.3 Å². The van der Waals surface area contributed by atoms with Crippen LogP contribution < -0.4 is 9.47 Å². The Bertz CT molecular complexity index is 1050. The predicted octanol–water partition coefficient (Wildman–Crippen LogP) is 3.94. The van der Waals surface area contributed by atoms with E-state index in [9.17, 15) is 20.0 Å². The SMILES string of the molecule is CCN1C(=O)C(=Cc2cc(OC)c(O)c([N+](=O)[O-])c2)SC1=Nc1ccc(OC)cc1. The molecule has 0 spiro atoms. The van der Waals surface area contributed by atoms with Gasteiger partial charge in [-0.15, -0.1) is 0 Å². The quantitative estimate of drug-likeness (QED) is 0.420. The summed E-state index contributed by atoms with van der Waals surface area (Å²) in [7, 11) is 2.87. The molecule has 1 saturated heterocycles. The fourth-order valence-corrected chi connectivity index (χ4v) is 3.84. The first-order valence-electron chi connectivity index (χ1n) is 8.87. The Morgan fingerprint density at radius 1 is 1.23 bits per heavy atom. The molecule has 0 radical (unpaired) electrons. The number of amidine groups is 1. The van der Waals surface area contributed by atoms with E-state index < -0.39 is 16.4 Å². The summed E-state index contributed by atoms with van der Waals surface area (Å²) in [6, 6.07) is 9.72. The topological polar surface area (TPSA) is 114 Å². The number of benzene rings is 2. The number of carbonyl (C=O) groups is 1. The van der Waals surface area contributed by atoms with E-state index in [0.717, 1.165) is 0 Å². The Hall–Kier alpha value is -3.53. The van der Waals surface area contributed by atoms with Crippen LogP contribution in [0.4, 0.5) is 11.4 Å². The van der Waals surface area contributed by atoms with Crippen LogP contribution in [0.1, 0.15) is 12.5 Å². The van der Waals surface area contributed by atoms with E-state index in [4.69, 9.17) is 9.47 Å². The normalized spacial score (nSPS) is 16.4. The number of ether oxygens (including phenoxy) is 2. The number of carbonyl (C=O) groups excluding carboxylic acids is 1. The van der Waals surface area contributed by atoms with Crippen molar-refractivity contribution in [1.82, 2.24) is 4.90 Å². The molecule has 1 aliphatic rings. The molecule has 1 N–H and O–H groups in total. The minimum absolute atomic E-state index is 0.0500. The Labute approximate surface area is 176 Å². The van der Waals surface area contributed by atoms with E-state index in [0.29, 0.717) is 33.6 Å². The number of methoxy groups -OCH3 is 2. The number of hydrogen-bond donors (Lipinski definition) is 1. The molecule has 156 valence electrons. The first kappa shape index (κ1) is 21.2. The lowest BCUT2D eigenvalue weighted by Crippen LogP contribution is -2.28. The molecular weight excluding hydrogens is 410 g/mol. The van der Waals surface area contributed by atoms with Gasteiger partial charge in [-0.25, -0.2) is 4.99 Å². The van der Waals surface area contributed by atoms with E-state index in [2.05, 4.69) is 4.99 Å². The smallest absolute Gasteiger partial charge is 0.315 e. The summed E-state index contributed by atoms with van der Waals surface area (Å²) in [6.45, 7) is 2.25. The molecular formula is C20H19N3O6S. The minimum atomic E-state index is -0.710. The summed E-state index contributed by atoms with van der Waals surface area (Å²) in [4.78, 5) is 29.7. The van der Waals surface area contributed by atoms with Gasteiger partial charge in [0.2, 0.25) is 5.75 Å². The van der Waals surface area contributed by atoms with Crippen LogP contribution in [-0.4, -0.2) is 46.8 Å². The Morgan fingerprint density at radius 2 is 1.93 bits per heavy atom. The molecule has 0 aromatic heterocycles. The van der Waals surface area contributed by atoms with Gasteiger partial charge < -0.3 is 14.6 Å². The largest absolute Gasteiger partial charge is 0.500 e. The van der Waals surface area contributed by atoms with Gasteiger partial charge in [0.1, 0.15) is 5.75 Å². The van der Waals surface area contributed by atoms with Crippen molar-refractivity contribution < 1.29 is 24.3 Å². The second-order valence-corrected chi connectivity index (χ2v) is 7.11. The summed E-state index contributed by atoms with van der Waals surface area (Å²) in [5.41, 5.74) is 0.512. The van der Waals surface area contributed by atoms with Gasteiger partial charge in [-0.05, 0) is 60.7 Å². The van der Waals surface area contributed by atoms with Crippen LogP contribution >= 0.6 is 11.8 Å². The number of phenolic OH excluding ortho intramolecular Hbond substituents is 1. The van der Waals surface area contributed by atoms with Crippen LogP contribution in [0, 0.1) is 10.1 Å². The van der Waals surface area contributed by atoms with E-state index in [1.165, 1.54) is 42.0 Å². The highest BCUT2D eigenvalue weighted by Gasteiger charge is 2.32. The standard InChI is InChI=1S/C20H19N3O6S/c1-4-22-19(25)17(30-20(22)21-13-5-7-14(28-2)8-6-13)11-12-9-15(23(26)27)18(24)16(10-12)29-3/h5-11,24H,4H2,1-3H3. The van der Waals surface area contributed by atoms with Crippen LogP contribution in [0.25, 0.3) is 6.08 Å². The zero-order chi connectivity index (χ0) is 21.8. The first-order valence-corrected chi connectivity index (χ1v) is 9.69. The third-order valence-corrected chi connectivity index (χ3v) is 5.30. The summed E-state index contributed by atoms with van der Waals surface area (Å²) in [5.74, 6) is -0.174. The molecule has 0 saturated carbocycles. The van der Waals surface area contributed by atoms with Gasteiger partial charge in [0.25, 0.3) is 5.91 Å². The molecule has 0 aliphatic carbocycles. The average Bonchev–Trinajstić information content (AvgIpc) is 3.03. The molecule has 0 bridgehead atoms. The van der Waals surface area contributed by atoms with Crippen LogP contribution in [0.5, 0.6) is 17.2 Å². The van der Waals surface area contributed by atoms with Crippen molar-refractivity contribution in [3.8, 4) is 17.2 Å². The zero-order valence-corrected chi connectivity index (χ0v) is 17.3. The molecule has 1 fully saturated rings. The summed E-state index contributed by atoms with van der Waals surface area (Å²) < 4.78 is 10.1. The molecule has 2 aromatic carbocycles. The monoisotopic (exact) mass is 429 g/mol. The highest BCUT2D eigenvalue weighted by atomic mass is 32.2. The van der Waals surface area contributed by atoms with Crippen molar-refractivity contribution in [2.24, 2.45) is 4.99 Å². The van der Waals surface area contributed by atoms with E-state index in [1.807, 2.05) is 6.92 Å². The number of hydrogen-bond acceptors (Lipinski definition) is 8. The lowest BCUT2D eigenvalue weighted by atomic mass is 10.1. The molecule has 1 aliphatic heterocycles. The number of nitrogens with zero attached hydrogens (tertiary/aromatic N) is 3. The number of aliphatic imine (C=N–C) groups is 1. The molecule has 2 aromatic rings. The van der Waals surface area contributed by atoms with Gasteiger partial charge in [-0.2, -0.15) is 0 Å². The van der Waals surface area contributed by atoms with Gasteiger partial charge in [-0.3, -0.25) is 19.8 Å². The second kappa shape index (κ2) is 8.87. The number of likely N-dealkylation sites (N-methyl/N-ethyl adjacent to an activating group) is 1. The van der Waals surface area contributed by atoms with Crippen molar-refractivity contribution in [1.29, 1.82) is 0 Å². The molecule has 0 unspecified atom stereocenters. The minimum Gasteiger partial charge on any atom is -0.500 e. The summed E-state index contributed by atoms with van der Waals surface area (Å²) >= 11 is 1.17. The number of rotatable bonds is 6. The van der Waals surface area contributed by atoms with Crippen molar-refractivity contribution in [2.45, 2.75) is 6.92 Å². The molecule has 0 atom stereocenters. The summed E-state index contributed by atoms with van der Waals surface area (Å²) in [5, 5.41) is 21.6. The van der Waals surface area contributed by atoms with E-state index >= 15 is 0 Å². The van der Waals surface area contributed by atoms with Crippen LogP contribution in [0.2, 0.25) is 0 Å². The second-order valence-electron chi connectivity index (χ2n) is 6.10. The number of nitro benzene ring substituents is 1. The average molecular weight is 429 g/mol. The Balaban J connectivity index is 1.98. The number of phenols is 1. The fourth-order valence-electron chi connectivity index (χ4n) is 2.78. The lowest BCUT2D eigenvalue weighted by molar-refractivity contribution is -0.386. The van der Waals surface area contributed by atoms with Crippen molar-refractivity contribution in [3.05, 3.63) is 57.0 Å². The highest BCUT2D eigenvalue weighted by molar-refractivity contribution is 8.18. The van der Waals surface area contributed by atoms with Gasteiger partial charge in [-0.1, -0.05) is 0 Å². The number of amides is 1. The van der Waals surface area contributed by atoms with Gasteiger partial charge in [0, 0.05) is 12.6 Å².